The summed E-state index contributed by atoms with van der Waals surface area (Å²) < 4.78 is 0. The van der Waals surface area contributed by atoms with Crippen LogP contribution in [0.25, 0.3) is 16.6 Å². The van der Waals surface area contributed by atoms with Gasteiger partial charge in [-0.05, 0) is 43.2 Å². The van der Waals surface area contributed by atoms with Crippen LogP contribution in [0, 0.1) is 0 Å². The zero-order chi connectivity index (χ0) is 18.9. The highest BCUT2D eigenvalue weighted by molar-refractivity contribution is 7.10. The molecule has 0 bridgehead atoms. The third-order valence-corrected chi connectivity index (χ3v) is 6.23. The van der Waals surface area contributed by atoms with Gasteiger partial charge in [-0.1, -0.05) is 12.2 Å². The second-order valence-corrected chi connectivity index (χ2v) is 8.20. The molecule has 5 rings (SSSR count). The first-order chi connectivity index (χ1) is 13.8. The number of piperidine rings is 1. The van der Waals surface area contributed by atoms with Crippen LogP contribution in [0.5, 0.6) is 0 Å². The summed E-state index contributed by atoms with van der Waals surface area (Å²) in [4.78, 5) is 13.8. The second kappa shape index (κ2) is 7.37. The fourth-order valence-electron chi connectivity index (χ4n) is 4.09. The Kier molecular flexibility index (Phi) is 4.58. The Bertz CT molecular complexity index is 1040. The summed E-state index contributed by atoms with van der Waals surface area (Å²) in [5.41, 5.74) is 10.8. The third kappa shape index (κ3) is 3.19. The van der Waals surface area contributed by atoms with Gasteiger partial charge in [0, 0.05) is 60.2 Å². The molecule has 3 aromatic rings. The average Bonchev–Trinajstić information content (AvgIpc) is 3.28. The lowest BCUT2D eigenvalue weighted by Crippen LogP contribution is -2.42. The maximum absolute atomic E-state index is 6.24. The van der Waals surface area contributed by atoms with Gasteiger partial charge >= 0.3 is 0 Å². The molecule has 2 aromatic heterocycles. The van der Waals surface area contributed by atoms with E-state index in [0.29, 0.717) is 0 Å². The summed E-state index contributed by atoms with van der Waals surface area (Å²) in [6.45, 7) is 2.79. The van der Waals surface area contributed by atoms with E-state index in [2.05, 4.69) is 62.3 Å². The molecule has 1 fully saturated rings. The number of thiazole rings is 1. The standard InChI is InChI=1S/C22H23N5S/c23-16-4-3-11-26(15-16)20-8-9-24-19-7-6-17(14-18(19)20)27-12-2-1-5-21(27)22-25-10-13-28-22/h1-2,5-10,13-14,16H,3-4,11-12,15,23H2/t16-/m0/s1. The van der Waals surface area contributed by atoms with E-state index in [-0.39, 0.29) is 6.04 Å². The zero-order valence-corrected chi connectivity index (χ0v) is 16.5. The van der Waals surface area contributed by atoms with Crippen LogP contribution in [0.15, 0.2) is 60.3 Å². The van der Waals surface area contributed by atoms with Crippen molar-refractivity contribution in [2.24, 2.45) is 5.73 Å². The molecule has 6 heteroatoms. The van der Waals surface area contributed by atoms with Gasteiger partial charge in [0.05, 0.1) is 11.2 Å². The summed E-state index contributed by atoms with van der Waals surface area (Å²) >= 11 is 1.67. The highest BCUT2D eigenvalue weighted by atomic mass is 32.1. The molecule has 2 aliphatic rings. The molecule has 2 N–H and O–H groups in total. The van der Waals surface area contributed by atoms with Gasteiger partial charge in [0.2, 0.25) is 0 Å². The van der Waals surface area contributed by atoms with E-state index in [1.54, 1.807) is 11.3 Å². The summed E-state index contributed by atoms with van der Waals surface area (Å²) in [6, 6.07) is 8.90. The van der Waals surface area contributed by atoms with Gasteiger partial charge in [0.1, 0.15) is 5.01 Å². The SMILES string of the molecule is N[C@H]1CCCN(c2ccnc3ccc(N4CC=CC=C4c4nccs4)cc23)C1. The first-order valence-corrected chi connectivity index (χ1v) is 10.6. The van der Waals surface area contributed by atoms with E-state index in [4.69, 9.17) is 5.73 Å². The van der Waals surface area contributed by atoms with Crippen LogP contribution in [0.4, 0.5) is 11.4 Å². The van der Waals surface area contributed by atoms with E-state index in [1.807, 2.05) is 17.8 Å². The molecule has 0 saturated carbocycles. The van der Waals surface area contributed by atoms with E-state index < -0.39 is 0 Å². The largest absolute Gasteiger partial charge is 0.369 e. The van der Waals surface area contributed by atoms with Crippen molar-refractivity contribution in [1.82, 2.24) is 9.97 Å². The van der Waals surface area contributed by atoms with Crippen molar-refractivity contribution in [3.8, 4) is 0 Å². The molecule has 0 aliphatic carbocycles. The lowest BCUT2D eigenvalue weighted by molar-refractivity contribution is 0.507. The van der Waals surface area contributed by atoms with Crippen molar-refractivity contribution in [1.29, 1.82) is 0 Å². The third-order valence-electron chi connectivity index (χ3n) is 5.43. The van der Waals surface area contributed by atoms with Gasteiger partial charge in [0.25, 0.3) is 0 Å². The number of fused-ring (bicyclic) bond motifs is 1. The normalized spacial score (nSPS) is 19.9. The maximum Gasteiger partial charge on any atom is 0.139 e. The lowest BCUT2D eigenvalue weighted by Gasteiger charge is -2.33. The van der Waals surface area contributed by atoms with Crippen LogP contribution in [-0.2, 0) is 0 Å². The Morgan fingerprint density at radius 2 is 2.11 bits per heavy atom. The van der Waals surface area contributed by atoms with Crippen molar-refractivity contribution in [2.45, 2.75) is 18.9 Å². The lowest BCUT2D eigenvalue weighted by atomic mass is 10.0. The highest BCUT2D eigenvalue weighted by Crippen LogP contribution is 2.34. The van der Waals surface area contributed by atoms with E-state index >= 15 is 0 Å². The Balaban J connectivity index is 1.57. The topological polar surface area (TPSA) is 58.3 Å². The Morgan fingerprint density at radius 3 is 2.96 bits per heavy atom. The molecule has 0 unspecified atom stereocenters. The molecular formula is C22H23N5S. The number of pyridine rings is 1. The minimum atomic E-state index is 0.242. The van der Waals surface area contributed by atoms with Crippen molar-refractivity contribution in [3.63, 3.8) is 0 Å². The van der Waals surface area contributed by atoms with Crippen molar-refractivity contribution < 1.29 is 0 Å². The molecule has 0 amide bonds. The van der Waals surface area contributed by atoms with Gasteiger partial charge in [-0.15, -0.1) is 11.3 Å². The zero-order valence-electron chi connectivity index (χ0n) is 15.7. The number of hydrogen-bond donors (Lipinski definition) is 1. The molecule has 1 aromatic carbocycles. The number of anilines is 2. The van der Waals surface area contributed by atoms with Crippen LogP contribution in [-0.4, -0.2) is 35.6 Å². The summed E-state index contributed by atoms with van der Waals surface area (Å²) in [5, 5.41) is 4.24. The predicted octanol–water partition coefficient (Wildman–Crippen LogP) is 4.04. The van der Waals surface area contributed by atoms with Crippen LogP contribution < -0.4 is 15.5 Å². The van der Waals surface area contributed by atoms with Crippen molar-refractivity contribution in [3.05, 3.63) is 65.3 Å². The highest BCUT2D eigenvalue weighted by Gasteiger charge is 2.21. The monoisotopic (exact) mass is 389 g/mol. The van der Waals surface area contributed by atoms with E-state index in [1.165, 1.54) is 11.1 Å². The Hall–Kier alpha value is -2.70. The number of benzene rings is 1. The Labute approximate surface area is 168 Å². The number of nitrogens with zero attached hydrogens (tertiary/aromatic N) is 4. The minimum absolute atomic E-state index is 0.242. The van der Waals surface area contributed by atoms with Gasteiger partial charge in [-0.2, -0.15) is 0 Å². The van der Waals surface area contributed by atoms with E-state index in [0.717, 1.165) is 54.4 Å². The summed E-state index contributed by atoms with van der Waals surface area (Å²) in [5.74, 6) is 0. The molecule has 2 aliphatic heterocycles. The van der Waals surface area contributed by atoms with E-state index in [9.17, 15) is 0 Å². The minimum Gasteiger partial charge on any atom is -0.369 e. The fourth-order valence-corrected chi connectivity index (χ4v) is 4.76. The Morgan fingerprint density at radius 1 is 1.14 bits per heavy atom. The fraction of sp³-hybridized carbons (Fsp3) is 0.273. The molecule has 5 nitrogen and oxygen atoms in total. The maximum atomic E-state index is 6.24. The number of rotatable bonds is 3. The summed E-state index contributed by atoms with van der Waals surface area (Å²) in [7, 11) is 0. The van der Waals surface area contributed by atoms with Crippen LogP contribution in [0.1, 0.15) is 17.8 Å². The number of hydrogen-bond acceptors (Lipinski definition) is 6. The first-order valence-electron chi connectivity index (χ1n) is 9.73. The second-order valence-electron chi connectivity index (χ2n) is 7.31. The number of allylic oxidation sites excluding steroid dienone is 2. The van der Waals surface area contributed by atoms with Gasteiger partial charge in [-0.25, -0.2) is 4.98 Å². The van der Waals surface area contributed by atoms with Gasteiger partial charge in [0.15, 0.2) is 0 Å². The molecule has 1 atom stereocenters. The smallest absolute Gasteiger partial charge is 0.139 e. The quantitative estimate of drug-likeness (QED) is 0.733. The first kappa shape index (κ1) is 17.4. The molecule has 142 valence electrons. The summed E-state index contributed by atoms with van der Waals surface area (Å²) in [6.07, 6.45) is 12.4. The molecule has 0 spiro atoms. The van der Waals surface area contributed by atoms with Crippen LogP contribution >= 0.6 is 11.3 Å². The van der Waals surface area contributed by atoms with Crippen LogP contribution in [0.2, 0.25) is 0 Å². The van der Waals surface area contributed by atoms with Gasteiger partial charge < -0.3 is 15.5 Å². The molecular weight excluding hydrogens is 366 g/mol. The molecule has 1 saturated heterocycles. The number of aromatic nitrogens is 2. The molecule has 28 heavy (non-hydrogen) atoms. The predicted molar refractivity (Wildman–Crippen MR) is 118 cm³/mol. The van der Waals surface area contributed by atoms with Crippen molar-refractivity contribution in [2.75, 3.05) is 29.4 Å². The molecule has 4 heterocycles. The van der Waals surface area contributed by atoms with Gasteiger partial charge in [-0.3, -0.25) is 4.98 Å². The number of nitrogens with two attached hydrogens (primary N) is 1. The molecule has 0 radical (unpaired) electrons. The van der Waals surface area contributed by atoms with Crippen molar-refractivity contribution >= 4 is 39.3 Å². The average molecular weight is 390 g/mol. The van der Waals surface area contributed by atoms with Crippen LogP contribution in [0.3, 0.4) is 0 Å².